The Kier molecular flexibility index (Phi) is 3.34. The third kappa shape index (κ3) is 2.01. The maximum Gasteiger partial charge on any atom is 0.0156 e. The molecule has 0 saturated carbocycles. The zero-order valence-corrected chi connectivity index (χ0v) is 10.9. The van der Waals surface area contributed by atoms with Crippen LogP contribution in [-0.2, 0) is 6.42 Å². The molecule has 1 N–H and O–H groups in total. The molecule has 2 unspecified atom stereocenters. The highest BCUT2D eigenvalue weighted by Crippen LogP contribution is 2.37. The smallest absolute Gasteiger partial charge is 0.0156 e. The molecular weight excluding hydrogens is 194 g/mol. The standard InChI is InChI=1S/C15H23N/c1-10(2)15(16-4)13-8-7-12-6-5-11(3)9-14(12)13/h5-6,9-10,13,15-16H,7-8H2,1-4H3. The zero-order valence-electron chi connectivity index (χ0n) is 10.9. The normalized spacial score (nSPS) is 21.2. The molecule has 0 spiro atoms. The number of hydrogen-bond acceptors (Lipinski definition) is 1. The Balaban J connectivity index is 2.31. The summed E-state index contributed by atoms with van der Waals surface area (Å²) in [7, 11) is 2.10. The van der Waals surface area contributed by atoms with Crippen LogP contribution in [0.15, 0.2) is 18.2 Å². The van der Waals surface area contributed by atoms with Crippen LogP contribution in [-0.4, -0.2) is 13.1 Å². The first-order valence-corrected chi connectivity index (χ1v) is 6.40. The summed E-state index contributed by atoms with van der Waals surface area (Å²) >= 11 is 0. The van der Waals surface area contributed by atoms with Crippen molar-refractivity contribution >= 4 is 0 Å². The fourth-order valence-electron chi connectivity index (χ4n) is 3.13. The molecule has 0 saturated heterocycles. The topological polar surface area (TPSA) is 12.0 Å². The van der Waals surface area contributed by atoms with Crippen LogP contribution in [0.5, 0.6) is 0 Å². The largest absolute Gasteiger partial charge is 0.316 e. The van der Waals surface area contributed by atoms with Gasteiger partial charge in [0.15, 0.2) is 0 Å². The average molecular weight is 217 g/mol. The van der Waals surface area contributed by atoms with Gasteiger partial charge in [-0.3, -0.25) is 0 Å². The summed E-state index contributed by atoms with van der Waals surface area (Å²) in [4.78, 5) is 0. The van der Waals surface area contributed by atoms with Crippen molar-refractivity contribution in [3.8, 4) is 0 Å². The van der Waals surface area contributed by atoms with Crippen LogP contribution in [0, 0.1) is 12.8 Å². The van der Waals surface area contributed by atoms with Gasteiger partial charge in [0.05, 0.1) is 0 Å². The summed E-state index contributed by atoms with van der Waals surface area (Å²) in [6, 6.07) is 7.56. The second kappa shape index (κ2) is 4.58. The Morgan fingerprint density at radius 3 is 2.69 bits per heavy atom. The van der Waals surface area contributed by atoms with Gasteiger partial charge in [0.1, 0.15) is 0 Å². The van der Waals surface area contributed by atoms with Gasteiger partial charge in [-0.1, -0.05) is 37.6 Å². The monoisotopic (exact) mass is 217 g/mol. The lowest BCUT2D eigenvalue weighted by Crippen LogP contribution is -2.35. The molecule has 2 rings (SSSR count). The van der Waals surface area contributed by atoms with Crippen LogP contribution in [0.1, 0.15) is 42.9 Å². The fourth-order valence-corrected chi connectivity index (χ4v) is 3.13. The molecule has 1 aromatic rings. The van der Waals surface area contributed by atoms with E-state index in [-0.39, 0.29) is 0 Å². The van der Waals surface area contributed by atoms with Crippen LogP contribution in [0.4, 0.5) is 0 Å². The van der Waals surface area contributed by atoms with E-state index in [2.05, 4.69) is 51.3 Å². The first-order chi connectivity index (χ1) is 7.63. The van der Waals surface area contributed by atoms with Gasteiger partial charge in [-0.25, -0.2) is 0 Å². The second-order valence-electron chi connectivity index (χ2n) is 5.41. The number of rotatable bonds is 3. The van der Waals surface area contributed by atoms with Gasteiger partial charge in [0.25, 0.3) is 0 Å². The van der Waals surface area contributed by atoms with Gasteiger partial charge in [0.2, 0.25) is 0 Å². The van der Waals surface area contributed by atoms with E-state index in [0.717, 1.165) is 0 Å². The van der Waals surface area contributed by atoms with Crippen LogP contribution in [0.2, 0.25) is 0 Å². The predicted octanol–water partition coefficient (Wildman–Crippen LogP) is 3.27. The molecule has 1 aromatic carbocycles. The second-order valence-corrected chi connectivity index (χ2v) is 5.41. The van der Waals surface area contributed by atoms with E-state index in [1.165, 1.54) is 18.4 Å². The van der Waals surface area contributed by atoms with E-state index in [4.69, 9.17) is 0 Å². The Hall–Kier alpha value is -0.820. The van der Waals surface area contributed by atoms with Gasteiger partial charge < -0.3 is 5.32 Å². The molecule has 88 valence electrons. The van der Waals surface area contributed by atoms with Crippen molar-refractivity contribution in [3.05, 3.63) is 34.9 Å². The minimum Gasteiger partial charge on any atom is -0.316 e. The van der Waals surface area contributed by atoms with Gasteiger partial charge in [0, 0.05) is 12.0 Å². The highest BCUT2D eigenvalue weighted by molar-refractivity contribution is 5.39. The molecule has 0 aliphatic heterocycles. The molecule has 1 heteroatoms. The van der Waals surface area contributed by atoms with Gasteiger partial charge >= 0.3 is 0 Å². The fraction of sp³-hybridized carbons (Fsp3) is 0.600. The number of fused-ring (bicyclic) bond motifs is 1. The Morgan fingerprint density at radius 1 is 1.31 bits per heavy atom. The first kappa shape index (κ1) is 11.7. The van der Waals surface area contributed by atoms with Crippen molar-refractivity contribution in [2.45, 2.75) is 45.6 Å². The summed E-state index contributed by atoms with van der Waals surface area (Å²) < 4.78 is 0. The summed E-state index contributed by atoms with van der Waals surface area (Å²) in [6.07, 6.45) is 2.56. The summed E-state index contributed by atoms with van der Waals surface area (Å²) in [5, 5.41) is 3.50. The van der Waals surface area contributed by atoms with E-state index in [9.17, 15) is 0 Å². The number of hydrogen-bond donors (Lipinski definition) is 1. The quantitative estimate of drug-likeness (QED) is 0.819. The Morgan fingerprint density at radius 2 is 2.06 bits per heavy atom. The van der Waals surface area contributed by atoms with Crippen LogP contribution >= 0.6 is 0 Å². The molecule has 1 nitrogen and oxygen atoms in total. The molecule has 0 bridgehead atoms. The minimum atomic E-state index is 0.614. The zero-order chi connectivity index (χ0) is 11.7. The van der Waals surface area contributed by atoms with E-state index < -0.39 is 0 Å². The lowest BCUT2D eigenvalue weighted by molar-refractivity contribution is 0.360. The average Bonchev–Trinajstić information content (AvgIpc) is 2.62. The highest BCUT2D eigenvalue weighted by atomic mass is 14.9. The number of benzene rings is 1. The molecular formula is C15H23N. The minimum absolute atomic E-state index is 0.614. The molecule has 0 heterocycles. The lowest BCUT2D eigenvalue weighted by atomic mass is 9.86. The van der Waals surface area contributed by atoms with Crippen molar-refractivity contribution in [2.75, 3.05) is 7.05 Å². The molecule has 16 heavy (non-hydrogen) atoms. The van der Waals surface area contributed by atoms with Crippen molar-refractivity contribution in [1.82, 2.24) is 5.32 Å². The summed E-state index contributed by atoms with van der Waals surface area (Å²) in [5.74, 6) is 1.40. The maximum absolute atomic E-state index is 3.50. The van der Waals surface area contributed by atoms with Crippen molar-refractivity contribution in [1.29, 1.82) is 0 Å². The van der Waals surface area contributed by atoms with Crippen LogP contribution < -0.4 is 5.32 Å². The predicted molar refractivity (Wildman–Crippen MR) is 69.9 cm³/mol. The van der Waals surface area contributed by atoms with Gasteiger partial charge in [-0.05, 0) is 43.9 Å². The lowest BCUT2D eigenvalue weighted by Gasteiger charge is -2.27. The van der Waals surface area contributed by atoms with Gasteiger partial charge in [-0.15, -0.1) is 0 Å². The third-order valence-electron chi connectivity index (χ3n) is 3.91. The van der Waals surface area contributed by atoms with Crippen molar-refractivity contribution in [3.63, 3.8) is 0 Å². The maximum atomic E-state index is 3.50. The number of aryl methyl sites for hydroxylation is 2. The van der Waals surface area contributed by atoms with E-state index in [0.29, 0.717) is 17.9 Å². The van der Waals surface area contributed by atoms with Crippen LogP contribution in [0.25, 0.3) is 0 Å². The van der Waals surface area contributed by atoms with Crippen LogP contribution in [0.3, 0.4) is 0 Å². The Bertz CT molecular complexity index is 368. The summed E-state index contributed by atoms with van der Waals surface area (Å²) in [5.41, 5.74) is 4.55. The highest BCUT2D eigenvalue weighted by Gasteiger charge is 2.30. The Labute approximate surface area is 99.3 Å². The molecule has 0 radical (unpaired) electrons. The van der Waals surface area contributed by atoms with E-state index >= 15 is 0 Å². The van der Waals surface area contributed by atoms with Crippen molar-refractivity contribution in [2.24, 2.45) is 5.92 Å². The van der Waals surface area contributed by atoms with Crippen molar-refractivity contribution < 1.29 is 0 Å². The van der Waals surface area contributed by atoms with E-state index in [1.54, 1.807) is 11.1 Å². The molecule has 0 amide bonds. The first-order valence-electron chi connectivity index (χ1n) is 6.40. The summed E-state index contributed by atoms with van der Waals surface area (Å²) in [6.45, 7) is 6.82. The number of likely N-dealkylation sites (N-methyl/N-ethyl adjacent to an activating group) is 1. The molecule has 0 fully saturated rings. The molecule has 0 aromatic heterocycles. The number of nitrogens with one attached hydrogen (secondary N) is 1. The van der Waals surface area contributed by atoms with E-state index in [1.807, 2.05) is 0 Å². The third-order valence-corrected chi connectivity index (χ3v) is 3.91. The van der Waals surface area contributed by atoms with Gasteiger partial charge in [-0.2, -0.15) is 0 Å². The SMILES string of the molecule is CNC(C(C)C)C1CCc2ccc(C)cc21. The molecule has 1 aliphatic rings. The molecule has 2 atom stereocenters. The molecule has 1 aliphatic carbocycles.